The van der Waals surface area contributed by atoms with Crippen LogP contribution in [0.5, 0.6) is 11.5 Å². The van der Waals surface area contributed by atoms with E-state index < -0.39 is 75.5 Å². The van der Waals surface area contributed by atoms with Crippen LogP contribution in [0, 0.1) is 11.6 Å². The largest absolute Gasteiger partial charge is 0.451 e. The summed E-state index contributed by atoms with van der Waals surface area (Å²) in [5.74, 6) is -4.85. The summed E-state index contributed by atoms with van der Waals surface area (Å²) in [6.07, 6.45) is -7.28. The molecule has 0 aromatic heterocycles. The summed E-state index contributed by atoms with van der Waals surface area (Å²) in [6.45, 7) is 1.35. The van der Waals surface area contributed by atoms with Crippen molar-refractivity contribution in [1.82, 2.24) is 0 Å². The Morgan fingerprint density at radius 3 is 2.21 bits per heavy atom. The van der Waals surface area contributed by atoms with Gasteiger partial charge in [-0.15, -0.1) is 0 Å². The van der Waals surface area contributed by atoms with Crippen molar-refractivity contribution in [1.29, 1.82) is 0 Å². The van der Waals surface area contributed by atoms with Gasteiger partial charge in [0.15, 0.2) is 39.5 Å². The van der Waals surface area contributed by atoms with E-state index >= 15 is 0 Å². The number of hydrogen-bond acceptors (Lipinski definition) is 9. The molecule has 5 atom stereocenters. The number of aliphatic imine (C=N–C) groups is 1. The molecule has 0 radical (unpaired) electrons. The molecule has 3 rings (SSSR count). The molecule has 8 N–H and O–H groups in total. The molecule has 1 aliphatic heterocycles. The summed E-state index contributed by atoms with van der Waals surface area (Å²) in [5.41, 5.74) is 10.3. The lowest BCUT2D eigenvalue weighted by Gasteiger charge is -2.38. The molecular weight excluding hydrogens is 544 g/mol. The van der Waals surface area contributed by atoms with Gasteiger partial charge < -0.3 is 41.4 Å². The predicted octanol–water partition coefficient (Wildman–Crippen LogP) is -0.0759. The Kier molecular flexibility index (Phi) is 9.37. The van der Waals surface area contributed by atoms with Gasteiger partial charge >= 0.3 is 0 Å². The van der Waals surface area contributed by atoms with Crippen LogP contribution in [0.4, 0.5) is 8.78 Å². The van der Waals surface area contributed by atoms with E-state index in [1.807, 2.05) is 0 Å². The van der Waals surface area contributed by atoms with E-state index in [1.165, 1.54) is 25.1 Å². The molecule has 1 unspecified atom stereocenters. The Hall–Kier alpha value is -3.47. The highest BCUT2D eigenvalue weighted by Crippen LogP contribution is 2.30. The number of carbonyl (C=O) groups is 1. The van der Waals surface area contributed by atoms with Crippen LogP contribution in [-0.2, 0) is 19.4 Å². The third-order valence-corrected chi connectivity index (χ3v) is 7.50. The monoisotopic (exact) mass is 571 g/mol. The van der Waals surface area contributed by atoms with Gasteiger partial charge in [-0.25, -0.2) is 17.2 Å². The van der Waals surface area contributed by atoms with Gasteiger partial charge in [0, 0.05) is 5.57 Å². The number of nitrogens with zero attached hydrogens (tertiary/aromatic N) is 1. The van der Waals surface area contributed by atoms with Crippen molar-refractivity contribution in [3.05, 3.63) is 59.2 Å². The molecule has 2 aromatic carbocycles. The van der Waals surface area contributed by atoms with Crippen molar-refractivity contribution in [2.75, 3.05) is 5.75 Å². The number of guanidine groups is 1. The van der Waals surface area contributed by atoms with E-state index in [2.05, 4.69) is 4.99 Å². The van der Waals surface area contributed by atoms with E-state index in [1.54, 1.807) is 0 Å². The van der Waals surface area contributed by atoms with Crippen LogP contribution in [0.25, 0.3) is 6.08 Å². The molecule has 0 bridgehead atoms. The highest BCUT2D eigenvalue weighted by molar-refractivity contribution is 7.91. The number of aliphatic hydroxyl groups excluding tert-OH is 4. The standard InChI is InChI=1S/C24H27F2N3O9S/c1-11(22(33)29-24(27)28)8-12-9-15(25)21(16(26)10-12)37-13-2-4-14(5-3-13)39(35,36)7-6-17-18(30)19(31)20(32)23(34)38-17/h2-5,8-10,17-20,23,30-32,34H,6-7H2,1H3,(H4,27,28,29,33)/b11-8+/t17-,18-,19+,20-,23?/m1/s1. The van der Waals surface area contributed by atoms with Crippen molar-refractivity contribution in [3.63, 3.8) is 0 Å². The normalized spacial score (nSPS) is 23.8. The predicted molar refractivity (Wildman–Crippen MR) is 133 cm³/mol. The number of amides is 1. The van der Waals surface area contributed by atoms with E-state index in [0.29, 0.717) is 0 Å². The minimum atomic E-state index is -3.95. The number of halogens is 2. The number of benzene rings is 2. The summed E-state index contributed by atoms with van der Waals surface area (Å²) < 4.78 is 64.8. The second-order valence-electron chi connectivity index (χ2n) is 8.70. The number of rotatable bonds is 8. The van der Waals surface area contributed by atoms with Crippen molar-refractivity contribution in [3.8, 4) is 11.5 Å². The van der Waals surface area contributed by atoms with Gasteiger partial charge in [-0.2, -0.15) is 4.99 Å². The Morgan fingerprint density at radius 1 is 1.05 bits per heavy atom. The number of aliphatic hydroxyl groups is 4. The fourth-order valence-corrected chi connectivity index (χ4v) is 5.00. The summed E-state index contributed by atoms with van der Waals surface area (Å²) in [7, 11) is -3.95. The zero-order chi connectivity index (χ0) is 29.1. The maximum Gasteiger partial charge on any atom is 0.275 e. The molecule has 2 aromatic rings. The lowest BCUT2D eigenvalue weighted by molar-refractivity contribution is -0.281. The second kappa shape index (κ2) is 12.1. The molecule has 0 saturated carbocycles. The van der Waals surface area contributed by atoms with E-state index in [0.717, 1.165) is 24.3 Å². The smallest absolute Gasteiger partial charge is 0.275 e. The van der Waals surface area contributed by atoms with Crippen LogP contribution in [0.15, 0.2) is 51.9 Å². The van der Waals surface area contributed by atoms with Gasteiger partial charge in [0.2, 0.25) is 0 Å². The first-order valence-corrected chi connectivity index (χ1v) is 13.0. The molecule has 0 aliphatic carbocycles. The van der Waals surface area contributed by atoms with Crippen molar-refractivity contribution >= 4 is 27.8 Å². The molecule has 1 heterocycles. The third kappa shape index (κ3) is 7.35. The first-order valence-electron chi connectivity index (χ1n) is 11.4. The molecule has 0 spiro atoms. The third-order valence-electron chi connectivity index (χ3n) is 5.73. The van der Waals surface area contributed by atoms with Crippen LogP contribution >= 0.6 is 0 Å². The summed E-state index contributed by atoms with van der Waals surface area (Å²) in [6, 6.07) is 6.46. The maximum absolute atomic E-state index is 14.6. The molecule has 212 valence electrons. The zero-order valence-electron chi connectivity index (χ0n) is 20.4. The van der Waals surface area contributed by atoms with Crippen molar-refractivity contribution < 1.29 is 51.9 Å². The first kappa shape index (κ1) is 30.1. The fourth-order valence-electron chi connectivity index (χ4n) is 3.67. The first-order chi connectivity index (χ1) is 18.2. The fraction of sp³-hybridized carbons (Fsp3) is 0.333. The van der Waals surface area contributed by atoms with Gasteiger partial charge in [0.1, 0.15) is 24.1 Å². The Balaban J connectivity index is 1.69. The van der Waals surface area contributed by atoms with Gasteiger partial charge in [-0.1, -0.05) is 0 Å². The lowest BCUT2D eigenvalue weighted by Crippen LogP contribution is -2.57. The number of nitrogens with two attached hydrogens (primary N) is 2. The Labute approximate surface area is 221 Å². The average molecular weight is 572 g/mol. The lowest BCUT2D eigenvalue weighted by atomic mass is 9.97. The summed E-state index contributed by atoms with van der Waals surface area (Å²) in [5, 5.41) is 38.8. The maximum atomic E-state index is 14.6. The number of sulfone groups is 1. The number of ether oxygens (including phenoxy) is 2. The van der Waals surface area contributed by atoms with Crippen LogP contribution in [0.1, 0.15) is 18.9 Å². The van der Waals surface area contributed by atoms with E-state index in [-0.39, 0.29) is 28.2 Å². The highest BCUT2D eigenvalue weighted by Gasteiger charge is 2.43. The molecule has 39 heavy (non-hydrogen) atoms. The molecule has 1 fully saturated rings. The van der Waals surface area contributed by atoms with E-state index in [9.17, 15) is 42.4 Å². The summed E-state index contributed by atoms with van der Waals surface area (Å²) >= 11 is 0. The van der Waals surface area contributed by atoms with Gasteiger partial charge in [-0.3, -0.25) is 4.79 Å². The Morgan fingerprint density at radius 2 is 1.64 bits per heavy atom. The van der Waals surface area contributed by atoms with Crippen LogP contribution < -0.4 is 16.2 Å². The quantitative estimate of drug-likeness (QED) is 0.140. The number of carbonyl (C=O) groups excluding carboxylic acids is 1. The van der Waals surface area contributed by atoms with Crippen molar-refractivity contribution in [2.45, 2.75) is 48.9 Å². The molecule has 15 heteroatoms. The second-order valence-corrected chi connectivity index (χ2v) is 10.8. The van der Waals surface area contributed by atoms with Crippen molar-refractivity contribution in [2.24, 2.45) is 16.5 Å². The molecule has 1 aliphatic rings. The molecular formula is C24H27F2N3O9S. The molecule has 1 amide bonds. The highest BCUT2D eigenvalue weighted by atomic mass is 32.2. The molecule has 12 nitrogen and oxygen atoms in total. The van der Waals surface area contributed by atoms with E-state index in [4.69, 9.17) is 20.9 Å². The SMILES string of the molecule is C/C(=C\c1cc(F)c(Oc2ccc(S(=O)(=O)CC[C@H]3OC(O)[C@H](O)[C@@H](O)[C@@H]3O)cc2)c(F)c1)C(=O)N=C(N)N. The minimum absolute atomic E-state index is 0.00274. The summed E-state index contributed by atoms with van der Waals surface area (Å²) in [4.78, 5) is 14.9. The van der Waals surface area contributed by atoms with Gasteiger partial charge in [0.25, 0.3) is 5.91 Å². The Bertz CT molecular complexity index is 1360. The van der Waals surface area contributed by atoms with Crippen LogP contribution in [0.2, 0.25) is 0 Å². The minimum Gasteiger partial charge on any atom is -0.451 e. The van der Waals surface area contributed by atoms with Crippen LogP contribution in [0.3, 0.4) is 0 Å². The van der Waals surface area contributed by atoms with Gasteiger partial charge in [0.05, 0.1) is 16.8 Å². The van der Waals surface area contributed by atoms with Gasteiger partial charge in [-0.05, 0) is 61.4 Å². The average Bonchev–Trinajstić information content (AvgIpc) is 2.86. The zero-order valence-corrected chi connectivity index (χ0v) is 21.3. The topological polar surface area (TPSA) is 215 Å². The number of hydrogen-bond donors (Lipinski definition) is 6. The van der Waals surface area contributed by atoms with Crippen LogP contribution in [-0.4, -0.2) is 77.2 Å². The molecule has 1 saturated heterocycles.